The first-order valence-electron chi connectivity index (χ1n) is 4.83. The highest BCUT2D eigenvalue weighted by atomic mass is 15.2. The van der Waals surface area contributed by atoms with Gasteiger partial charge in [0.25, 0.3) is 0 Å². The number of hydrogen-bond acceptors (Lipinski definition) is 3. The molecule has 1 fully saturated rings. The summed E-state index contributed by atoms with van der Waals surface area (Å²) in [5.74, 6) is 1.58. The van der Waals surface area contributed by atoms with Gasteiger partial charge >= 0.3 is 0 Å². The summed E-state index contributed by atoms with van der Waals surface area (Å²) in [5.41, 5.74) is 11.1. The summed E-state index contributed by atoms with van der Waals surface area (Å²) in [6, 6.07) is 0. The van der Waals surface area contributed by atoms with Crippen LogP contribution < -0.4 is 11.5 Å². The molecular formula is C10H19N3. The molecule has 0 radical (unpaired) electrons. The standard InChI is InChI=1S/C10H19N3/c1-9-4-3-7-13(8-9)10(12)5-2-6-11/h2,5-6,9H,3-4,7-8,11-12H2,1H3/b6-2-,10-5+. The van der Waals surface area contributed by atoms with Gasteiger partial charge in [-0.15, -0.1) is 0 Å². The molecule has 3 nitrogen and oxygen atoms in total. The van der Waals surface area contributed by atoms with Crippen LogP contribution >= 0.6 is 0 Å². The highest BCUT2D eigenvalue weighted by molar-refractivity contribution is 5.08. The third kappa shape index (κ3) is 3.01. The minimum atomic E-state index is 0.752. The Hall–Kier alpha value is -1.12. The van der Waals surface area contributed by atoms with E-state index in [1.165, 1.54) is 19.0 Å². The van der Waals surface area contributed by atoms with Crippen LogP contribution in [-0.4, -0.2) is 18.0 Å². The van der Waals surface area contributed by atoms with Crippen molar-refractivity contribution in [1.82, 2.24) is 4.90 Å². The molecule has 1 aliphatic rings. The third-order valence-corrected chi connectivity index (χ3v) is 2.40. The van der Waals surface area contributed by atoms with Crippen molar-refractivity contribution in [2.45, 2.75) is 19.8 Å². The minimum absolute atomic E-state index is 0.752. The van der Waals surface area contributed by atoms with Crippen LogP contribution in [-0.2, 0) is 0 Å². The maximum atomic E-state index is 5.88. The van der Waals surface area contributed by atoms with E-state index in [4.69, 9.17) is 11.5 Å². The van der Waals surface area contributed by atoms with E-state index in [2.05, 4.69) is 11.8 Å². The lowest BCUT2D eigenvalue weighted by Crippen LogP contribution is -2.36. The Morgan fingerprint density at radius 2 is 2.31 bits per heavy atom. The molecule has 1 heterocycles. The highest BCUT2D eigenvalue weighted by Crippen LogP contribution is 2.17. The molecule has 1 atom stereocenters. The number of nitrogens with two attached hydrogens (primary N) is 2. The van der Waals surface area contributed by atoms with Gasteiger partial charge in [-0.2, -0.15) is 0 Å². The van der Waals surface area contributed by atoms with Gasteiger partial charge in [-0.1, -0.05) is 6.92 Å². The normalized spacial score (nSPS) is 25.5. The first kappa shape index (κ1) is 9.96. The number of hydrogen-bond donors (Lipinski definition) is 2. The van der Waals surface area contributed by atoms with E-state index in [9.17, 15) is 0 Å². The number of rotatable bonds is 2. The van der Waals surface area contributed by atoms with E-state index >= 15 is 0 Å². The fourth-order valence-corrected chi connectivity index (χ4v) is 1.68. The molecular weight excluding hydrogens is 162 g/mol. The maximum Gasteiger partial charge on any atom is 0.0986 e. The van der Waals surface area contributed by atoms with Gasteiger partial charge < -0.3 is 16.4 Å². The second kappa shape index (κ2) is 4.80. The topological polar surface area (TPSA) is 55.3 Å². The lowest BCUT2D eigenvalue weighted by Gasteiger charge is -2.32. The number of allylic oxidation sites excluding steroid dienone is 2. The molecule has 0 spiro atoms. The second-order valence-electron chi connectivity index (χ2n) is 3.67. The van der Waals surface area contributed by atoms with Crippen LogP contribution in [0.4, 0.5) is 0 Å². The fourth-order valence-electron chi connectivity index (χ4n) is 1.68. The van der Waals surface area contributed by atoms with Gasteiger partial charge in [0.1, 0.15) is 0 Å². The molecule has 0 aliphatic carbocycles. The van der Waals surface area contributed by atoms with Crippen molar-refractivity contribution >= 4 is 0 Å². The molecule has 0 amide bonds. The smallest absolute Gasteiger partial charge is 0.0986 e. The van der Waals surface area contributed by atoms with Crippen LogP contribution in [0.5, 0.6) is 0 Å². The van der Waals surface area contributed by atoms with E-state index < -0.39 is 0 Å². The Morgan fingerprint density at radius 3 is 2.92 bits per heavy atom. The summed E-state index contributed by atoms with van der Waals surface area (Å²) in [7, 11) is 0. The third-order valence-electron chi connectivity index (χ3n) is 2.40. The van der Waals surface area contributed by atoms with Crippen molar-refractivity contribution < 1.29 is 0 Å². The van der Waals surface area contributed by atoms with E-state index in [-0.39, 0.29) is 0 Å². The summed E-state index contributed by atoms with van der Waals surface area (Å²) in [4.78, 5) is 2.22. The van der Waals surface area contributed by atoms with Crippen LogP contribution in [0.2, 0.25) is 0 Å². The SMILES string of the molecule is CC1CCCN(/C(N)=C/C=C\N)C1. The lowest BCUT2D eigenvalue weighted by atomic mass is 10.0. The van der Waals surface area contributed by atoms with Gasteiger partial charge in [0.15, 0.2) is 0 Å². The molecule has 4 N–H and O–H groups in total. The molecule has 13 heavy (non-hydrogen) atoms. The van der Waals surface area contributed by atoms with Crippen molar-refractivity contribution in [3.05, 3.63) is 24.2 Å². The molecule has 0 aromatic carbocycles. The number of likely N-dealkylation sites (tertiary alicyclic amines) is 1. The largest absolute Gasteiger partial charge is 0.405 e. The molecule has 1 aliphatic heterocycles. The molecule has 74 valence electrons. The molecule has 1 saturated heterocycles. The van der Waals surface area contributed by atoms with Crippen molar-refractivity contribution in [1.29, 1.82) is 0 Å². The predicted molar refractivity (Wildman–Crippen MR) is 55.6 cm³/mol. The maximum absolute atomic E-state index is 5.88. The first-order valence-corrected chi connectivity index (χ1v) is 4.83. The van der Waals surface area contributed by atoms with E-state index in [1.807, 2.05) is 6.08 Å². The summed E-state index contributed by atoms with van der Waals surface area (Å²) in [5, 5.41) is 0. The van der Waals surface area contributed by atoms with Crippen molar-refractivity contribution in [3.63, 3.8) is 0 Å². The zero-order chi connectivity index (χ0) is 9.68. The Labute approximate surface area is 80.1 Å². The monoisotopic (exact) mass is 181 g/mol. The van der Waals surface area contributed by atoms with Crippen molar-refractivity contribution in [2.24, 2.45) is 17.4 Å². The molecule has 0 aromatic heterocycles. The Bertz CT molecular complexity index is 208. The Kier molecular flexibility index (Phi) is 3.68. The molecule has 1 rings (SSSR count). The zero-order valence-corrected chi connectivity index (χ0v) is 8.24. The van der Waals surface area contributed by atoms with Gasteiger partial charge in [-0.25, -0.2) is 0 Å². The fraction of sp³-hybridized carbons (Fsp3) is 0.600. The summed E-state index contributed by atoms with van der Waals surface area (Å²) in [6.45, 7) is 4.41. The average molecular weight is 181 g/mol. The molecule has 1 unspecified atom stereocenters. The molecule has 0 saturated carbocycles. The van der Waals surface area contributed by atoms with Crippen molar-refractivity contribution in [2.75, 3.05) is 13.1 Å². The van der Waals surface area contributed by atoms with Crippen LogP contribution in [0, 0.1) is 5.92 Å². The van der Waals surface area contributed by atoms with Gasteiger partial charge in [-0.05, 0) is 37.1 Å². The first-order chi connectivity index (χ1) is 6.24. The van der Waals surface area contributed by atoms with Gasteiger partial charge in [0.05, 0.1) is 5.82 Å². The average Bonchev–Trinajstić information content (AvgIpc) is 2.14. The van der Waals surface area contributed by atoms with Crippen LogP contribution in [0.25, 0.3) is 0 Å². The minimum Gasteiger partial charge on any atom is -0.405 e. The Balaban J connectivity index is 2.50. The summed E-state index contributed by atoms with van der Waals surface area (Å²) in [6.07, 6.45) is 7.69. The van der Waals surface area contributed by atoms with Crippen LogP contribution in [0.1, 0.15) is 19.8 Å². The zero-order valence-electron chi connectivity index (χ0n) is 8.24. The molecule has 0 bridgehead atoms. The summed E-state index contributed by atoms with van der Waals surface area (Å²) < 4.78 is 0. The highest BCUT2D eigenvalue weighted by Gasteiger charge is 2.15. The van der Waals surface area contributed by atoms with E-state index in [0.29, 0.717) is 0 Å². The second-order valence-corrected chi connectivity index (χ2v) is 3.67. The van der Waals surface area contributed by atoms with Gasteiger partial charge in [-0.3, -0.25) is 0 Å². The van der Waals surface area contributed by atoms with Gasteiger partial charge in [0, 0.05) is 13.1 Å². The number of nitrogens with zero attached hydrogens (tertiary/aromatic N) is 1. The lowest BCUT2D eigenvalue weighted by molar-refractivity contribution is 0.227. The molecule has 3 heteroatoms. The number of piperidine rings is 1. The summed E-state index contributed by atoms with van der Waals surface area (Å²) >= 11 is 0. The predicted octanol–water partition coefficient (Wildman–Crippen LogP) is 0.991. The van der Waals surface area contributed by atoms with Crippen molar-refractivity contribution in [3.8, 4) is 0 Å². The van der Waals surface area contributed by atoms with E-state index in [1.54, 1.807) is 6.08 Å². The van der Waals surface area contributed by atoms with Gasteiger partial charge in [0.2, 0.25) is 0 Å². The van der Waals surface area contributed by atoms with Crippen LogP contribution in [0.3, 0.4) is 0 Å². The van der Waals surface area contributed by atoms with Crippen LogP contribution in [0.15, 0.2) is 24.2 Å². The molecule has 0 aromatic rings. The quantitative estimate of drug-likeness (QED) is 0.625. The Morgan fingerprint density at radius 1 is 1.54 bits per heavy atom. The van der Waals surface area contributed by atoms with E-state index in [0.717, 1.165) is 24.8 Å².